The first-order valence-electron chi connectivity index (χ1n) is 4.92. The third-order valence-electron chi connectivity index (χ3n) is 2.82. The summed E-state index contributed by atoms with van der Waals surface area (Å²) in [6.07, 6.45) is 6.76. The van der Waals surface area contributed by atoms with Gasteiger partial charge in [0.25, 0.3) is 0 Å². The first-order valence-corrected chi connectivity index (χ1v) is 6.43. The van der Waals surface area contributed by atoms with Crippen molar-refractivity contribution in [3.05, 3.63) is 31.8 Å². The summed E-state index contributed by atoms with van der Waals surface area (Å²) in [6.45, 7) is 0. The first-order chi connectivity index (χ1) is 7.13. The summed E-state index contributed by atoms with van der Waals surface area (Å²) in [6, 6.07) is 0. The Morgan fingerprint density at radius 3 is 2.00 bits per heavy atom. The van der Waals surface area contributed by atoms with Crippen molar-refractivity contribution in [2.75, 3.05) is 0 Å². The minimum absolute atomic E-state index is 0.0753. The van der Waals surface area contributed by atoms with Gasteiger partial charge >= 0.3 is 0 Å². The highest BCUT2D eigenvalue weighted by molar-refractivity contribution is 6.53. The number of allylic oxidation sites excluding steroid dienone is 6. The van der Waals surface area contributed by atoms with Gasteiger partial charge in [-0.2, -0.15) is 0 Å². The maximum Gasteiger partial charge on any atom is 0.0759 e. The van der Waals surface area contributed by atoms with E-state index in [1.54, 1.807) is 0 Å². The lowest BCUT2D eigenvalue weighted by Gasteiger charge is -2.19. The minimum atomic E-state index is -0.0753. The third-order valence-corrected chi connectivity index (χ3v) is 4.71. The highest BCUT2D eigenvalue weighted by Crippen LogP contribution is 2.49. The van der Waals surface area contributed by atoms with Crippen molar-refractivity contribution in [3.63, 3.8) is 0 Å². The Labute approximate surface area is 110 Å². The van der Waals surface area contributed by atoms with E-state index in [4.69, 9.17) is 46.4 Å². The Morgan fingerprint density at radius 2 is 1.53 bits per heavy atom. The molecule has 0 radical (unpaired) electrons. The van der Waals surface area contributed by atoms with Crippen LogP contribution in [0, 0.1) is 5.92 Å². The van der Waals surface area contributed by atoms with Gasteiger partial charge in [0.2, 0.25) is 0 Å². The van der Waals surface area contributed by atoms with Gasteiger partial charge in [0.05, 0.1) is 26.0 Å². The van der Waals surface area contributed by atoms with E-state index in [9.17, 15) is 0 Å². The van der Waals surface area contributed by atoms with E-state index in [0.29, 0.717) is 20.1 Å². The lowest BCUT2D eigenvalue weighted by molar-refractivity contribution is 0.662. The van der Waals surface area contributed by atoms with Crippen LogP contribution in [-0.2, 0) is 0 Å². The highest BCUT2D eigenvalue weighted by Gasteiger charge is 2.33. The minimum Gasteiger partial charge on any atom is -0.0864 e. The monoisotopic (exact) mass is 282 g/mol. The van der Waals surface area contributed by atoms with Crippen LogP contribution in [0.25, 0.3) is 0 Å². The fraction of sp³-hybridized carbons (Fsp3) is 0.455. The fourth-order valence-corrected chi connectivity index (χ4v) is 3.29. The molecule has 0 atom stereocenters. The van der Waals surface area contributed by atoms with Crippen LogP contribution in [0.2, 0.25) is 0 Å². The molecule has 0 unspecified atom stereocenters. The van der Waals surface area contributed by atoms with Crippen molar-refractivity contribution in [2.24, 2.45) is 5.92 Å². The quantitative estimate of drug-likeness (QED) is 0.558. The van der Waals surface area contributed by atoms with E-state index in [0.717, 1.165) is 12.8 Å². The SMILES string of the molecule is ClC1=C(Cl)C(C2=CCCCC2)C(Cl)=C1Cl. The number of hydrogen-bond acceptors (Lipinski definition) is 0. The van der Waals surface area contributed by atoms with Gasteiger partial charge in [0.15, 0.2) is 0 Å². The van der Waals surface area contributed by atoms with Gasteiger partial charge in [-0.25, -0.2) is 0 Å². The Hall–Kier alpha value is 0.380. The molecule has 2 aliphatic carbocycles. The van der Waals surface area contributed by atoms with E-state index in [-0.39, 0.29) is 5.92 Å². The zero-order valence-electron chi connectivity index (χ0n) is 7.99. The molecule has 0 heterocycles. The molecule has 0 fully saturated rings. The molecule has 0 saturated carbocycles. The summed E-state index contributed by atoms with van der Waals surface area (Å²) >= 11 is 24.2. The van der Waals surface area contributed by atoms with Gasteiger partial charge in [-0.15, -0.1) is 0 Å². The number of halogens is 4. The van der Waals surface area contributed by atoms with Crippen molar-refractivity contribution in [1.82, 2.24) is 0 Å². The average molecular weight is 284 g/mol. The van der Waals surface area contributed by atoms with Gasteiger partial charge in [0.1, 0.15) is 0 Å². The van der Waals surface area contributed by atoms with Crippen LogP contribution >= 0.6 is 46.4 Å². The van der Waals surface area contributed by atoms with Gasteiger partial charge in [0, 0.05) is 0 Å². The van der Waals surface area contributed by atoms with E-state index in [2.05, 4.69) is 6.08 Å². The largest absolute Gasteiger partial charge is 0.0864 e. The van der Waals surface area contributed by atoms with Crippen molar-refractivity contribution in [3.8, 4) is 0 Å². The fourth-order valence-electron chi connectivity index (χ4n) is 2.03. The van der Waals surface area contributed by atoms with Gasteiger partial charge in [-0.1, -0.05) is 58.1 Å². The summed E-state index contributed by atoms with van der Waals surface area (Å²) < 4.78 is 0. The molecule has 2 rings (SSSR count). The van der Waals surface area contributed by atoms with Gasteiger partial charge in [-0.3, -0.25) is 0 Å². The zero-order chi connectivity index (χ0) is 11.0. The van der Waals surface area contributed by atoms with E-state index < -0.39 is 0 Å². The topological polar surface area (TPSA) is 0 Å². The third kappa shape index (κ3) is 2.10. The molecule has 0 aromatic carbocycles. The van der Waals surface area contributed by atoms with Gasteiger partial charge in [-0.05, 0) is 25.7 Å². The zero-order valence-corrected chi connectivity index (χ0v) is 11.0. The molecule has 0 amide bonds. The molecule has 0 spiro atoms. The van der Waals surface area contributed by atoms with Crippen LogP contribution in [-0.4, -0.2) is 0 Å². The Bertz CT molecular complexity index is 352. The normalized spacial score (nSPS) is 23.9. The second-order valence-electron chi connectivity index (χ2n) is 3.78. The van der Waals surface area contributed by atoms with Crippen molar-refractivity contribution < 1.29 is 0 Å². The molecule has 0 N–H and O–H groups in total. The smallest absolute Gasteiger partial charge is 0.0759 e. The molecule has 0 aromatic heterocycles. The number of rotatable bonds is 1. The van der Waals surface area contributed by atoms with E-state index >= 15 is 0 Å². The molecule has 0 bridgehead atoms. The van der Waals surface area contributed by atoms with Crippen LogP contribution in [0.5, 0.6) is 0 Å². The second kappa shape index (κ2) is 4.71. The molecule has 0 aromatic rings. The first kappa shape index (κ1) is 11.9. The summed E-state index contributed by atoms with van der Waals surface area (Å²) in [5.41, 5.74) is 1.25. The molecule has 0 nitrogen and oxygen atoms in total. The van der Waals surface area contributed by atoms with Crippen molar-refractivity contribution >= 4 is 46.4 Å². The molecule has 2 aliphatic rings. The Morgan fingerprint density at radius 1 is 0.933 bits per heavy atom. The number of hydrogen-bond donors (Lipinski definition) is 0. The Balaban J connectivity index is 2.35. The predicted molar refractivity (Wildman–Crippen MR) is 67.5 cm³/mol. The maximum atomic E-state index is 6.15. The van der Waals surface area contributed by atoms with E-state index in [1.807, 2.05) is 0 Å². The molecule has 15 heavy (non-hydrogen) atoms. The molecule has 0 saturated heterocycles. The van der Waals surface area contributed by atoms with Crippen LogP contribution in [0.3, 0.4) is 0 Å². The lowest BCUT2D eigenvalue weighted by Crippen LogP contribution is -2.05. The van der Waals surface area contributed by atoms with Crippen LogP contribution < -0.4 is 0 Å². The Kier molecular flexibility index (Phi) is 3.72. The second-order valence-corrected chi connectivity index (χ2v) is 5.35. The molecule has 0 aliphatic heterocycles. The average Bonchev–Trinajstić information content (AvgIpc) is 2.45. The van der Waals surface area contributed by atoms with Crippen molar-refractivity contribution in [2.45, 2.75) is 25.7 Å². The summed E-state index contributed by atoms with van der Waals surface area (Å²) in [4.78, 5) is 0. The lowest BCUT2D eigenvalue weighted by atomic mass is 9.90. The maximum absolute atomic E-state index is 6.15. The summed E-state index contributed by atoms with van der Waals surface area (Å²) in [7, 11) is 0. The molecular formula is C11H10Cl4. The molecular weight excluding hydrogens is 274 g/mol. The predicted octanol–water partition coefficient (Wildman–Crippen LogP) is 5.50. The van der Waals surface area contributed by atoms with Crippen LogP contribution in [0.1, 0.15) is 25.7 Å². The molecule has 4 heteroatoms. The van der Waals surface area contributed by atoms with Crippen molar-refractivity contribution in [1.29, 1.82) is 0 Å². The van der Waals surface area contributed by atoms with Crippen LogP contribution in [0.4, 0.5) is 0 Å². The highest BCUT2D eigenvalue weighted by atomic mass is 35.5. The summed E-state index contributed by atoms with van der Waals surface area (Å²) in [5, 5.41) is 1.94. The van der Waals surface area contributed by atoms with Gasteiger partial charge < -0.3 is 0 Å². The molecule has 82 valence electrons. The summed E-state index contributed by atoms with van der Waals surface area (Å²) in [5.74, 6) is -0.0753. The standard InChI is InChI=1S/C11H10Cl4/c12-8-7(6-4-2-1-3-5-6)9(13)11(15)10(8)14/h4,7H,1-3,5H2. The van der Waals surface area contributed by atoms with E-state index in [1.165, 1.54) is 18.4 Å². The van der Waals surface area contributed by atoms with Crippen LogP contribution in [0.15, 0.2) is 31.8 Å².